The molecule has 7 heteroatoms. The van der Waals surface area contributed by atoms with E-state index < -0.39 is 17.8 Å². The van der Waals surface area contributed by atoms with Crippen molar-refractivity contribution < 1.29 is 18.0 Å². The molecule has 3 rings (SSSR count). The molecule has 1 amide bonds. The summed E-state index contributed by atoms with van der Waals surface area (Å²) in [7, 11) is 1.60. The second-order valence-electron chi connectivity index (χ2n) is 7.56. The first-order chi connectivity index (χ1) is 15.3. The van der Waals surface area contributed by atoms with Crippen LogP contribution in [0.4, 0.5) is 19.0 Å². The maximum Gasteiger partial charge on any atom is 0.416 e. The standard InChI is InChI=1S/C25H26F3N3O/c1-18-8-6-12-22(30-18)31(23(24(32)29-2)20-10-4-3-5-11-20)17-7-9-19-13-15-21(16-14-19)25(26,27)28/h3-6,8,10-16,23H,7,9,17H2,1-2H3,(H,29,32)/t23-/m1/s1. The number of carbonyl (C=O) groups excluding carboxylic acids is 1. The number of nitrogens with zero attached hydrogens (tertiary/aromatic N) is 2. The van der Waals surface area contributed by atoms with Crippen LogP contribution in [0.15, 0.2) is 72.8 Å². The highest BCUT2D eigenvalue weighted by Gasteiger charge is 2.30. The molecule has 0 unspecified atom stereocenters. The average molecular weight is 441 g/mol. The van der Waals surface area contributed by atoms with Crippen molar-refractivity contribution in [2.45, 2.75) is 32.0 Å². The summed E-state index contributed by atoms with van der Waals surface area (Å²) >= 11 is 0. The molecule has 0 fully saturated rings. The fourth-order valence-corrected chi connectivity index (χ4v) is 3.62. The van der Waals surface area contributed by atoms with Crippen LogP contribution in [-0.4, -0.2) is 24.5 Å². The van der Waals surface area contributed by atoms with Gasteiger partial charge in [-0.3, -0.25) is 4.79 Å². The molecular formula is C25H26F3N3O. The number of aryl methyl sites for hydroxylation is 2. The Balaban J connectivity index is 1.84. The Labute approximate surface area is 186 Å². The Kier molecular flexibility index (Phi) is 7.51. The maximum absolute atomic E-state index is 12.9. The van der Waals surface area contributed by atoms with Crippen molar-refractivity contribution in [1.82, 2.24) is 10.3 Å². The van der Waals surface area contributed by atoms with Gasteiger partial charge < -0.3 is 10.2 Å². The highest BCUT2D eigenvalue weighted by Crippen LogP contribution is 2.30. The Morgan fingerprint density at radius 2 is 1.69 bits per heavy atom. The van der Waals surface area contributed by atoms with Crippen LogP contribution < -0.4 is 10.2 Å². The molecule has 0 spiro atoms. The Morgan fingerprint density at radius 1 is 1.00 bits per heavy atom. The number of benzene rings is 2. The van der Waals surface area contributed by atoms with Crippen molar-refractivity contribution in [3.8, 4) is 0 Å². The van der Waals surface area contributed by atoms with Crippen LogP contribution >= 0.6 is 0 Å². The van der Waals surface area contributed by atoms with Gasteiger partial charge in [-0.2, -0.15) is 13.2 Å². The van der Waals surface area contributed by atoms with Gasteiger partial charge in [0.15, 0.2) is 0 Å². The van der Waals surface area contributed by atoms with Gasteiger partial charge in [0.2, 0.25) is 5.91 Å². The smallest absolute Gasteiger partial charge is 0.357 e. The van der Waals surface area contributed by atoms with Crippen LogP contribution in [0.3, 0.4) is 0 Å². The maximum atomic E-state index is 12.9. The van der Waals surface area contributed by atoms with E-state index in [1.807, 2.05) is 60.4 Å². The lowest BCUT2D eigenvalue weighted by Crippen LogP contribution is -2.40. The molecule has 0 aliphatic carbocycles. The van der Waals surface area contributed by atoms with E-state index in [-0.39, 0.29) is 5.91 Å². The summed E-state index contributed by atoms with van der Waals surface area (Å²) in [6.07, 6.45) is -3.13. The molecule has 4 nitrogen and oxygen atoms in total. The molecule has 0 radical (unpaired) electrons. The van der Waals surface area contributed by atoms with Crippen molar-refractivity contribution >= 4 is 11.7 Å². The highest BCUT2D eigenvalue weighted by atomic mass is 19.4. The van der Waals surface area contributed by atoms with Crippen molar-refractivity contribution in [3.63, 3.8) is 0 Å². The molecule has 1 heterocycles. The van der Waals surface area contributed by atoms with Gasteiger partial charge in [0.1, 0.15) is 11.9 Å². The van der Waals surface area contributed by atoms with Gasteiger partial charge in [-0.25, -0.2) is 4.98 Å². The number of pyridine rings is 1. The van der Waals surface area contributed by atoms with Crippen molar-refractivity contribution in [3.05, 3.63) is 95.2 Å². The third-order valence-electron chi connectivity index (χ3n) is 5.24. The minimum absolute atomic E-state index is 0.158. The van der Waals surface area contributed by atoms with Crippen LogP contribution in [0.2, 0.25) is 0 Å². The van der Waals surface area contributed by atoms with E-state index in [4.69, 9.17) is 0 Å². The van der Waals surface area contributed by atoms with Crippen LogP contribution in [0, 0.1) is 6.92 Å². The van der Waals surface area contributed by atoms with E-state index >= 15 is 0 Å². The number of hydrogen-bond donors (Lipinski definition) is 1. The van der Waals surface area contributed by atoms with E-state index in [9.17, 15) is 18.0 Å². The van der Waals surface area contributed by atoms with Crippen LogP contribution in [0.25, 0.3) is 0 Å². The first-order valence-electron chi connectivity index (χ1n) is 10.4. The Morgan fingerprint density at radius 3 is 2.28 bits per heavy atom. The van der Waals surface area contributed by atoms with Crippen LogP contribution in [0.1, 0.15) is 34.8 Å². The minimum Gasteiger partial charge on any atom is -0.357 e. The SMILES string of the molecule is CNC(=O)[C@@H](c1ccccc1)N(CCCc1ccc(C(F)(F)F)cc1)c1cccc(C)n1. The third kappa shape index (κ3) is 5.87. The first-order valence-corrected chi connectivity index (χ1v) is 10.4. The van der Waals surface area contributed by atoms with E-state index in [1.165, 1.54) is 12.1 Å². The summed E-state index contributed by atoms with van der Waals surface area (Å²) in [5, 5.41) is 2.74. The van der Waals surface area contributed by atoms with Crippen molar-refractivity contribution in [2.75, 3.05) is 18.5 Å². The summed E-state index contributed by atoms with van der Waals surface area (Å²) in [6.45, 7) is 2.39. The summed E-state index contributed by atoms with van der Waals surface area (Å²) in [5.74, 6) is 0.518. The van der Waals surface area contributed by atoms with Gasteiger partial charge in [-0.05, 0) is 55.2 Å². The number of hydrogen-bond acceptors (Lipinski definition) is 3. The van der Waals surface area contributed by atoms with Gasteiger partial charge in [-0.1, -0.05) is 48.5 Å². The van der Waals surface area contributed by atoms with Crippen molar-refractivity contribution in [2.24, 2.45) is 0 Å². The van der Waals surface area contributed by atoms with Crippen LogP contribution in [0.5, 0.6) is 0 Å². The second kappa shape index (κ2) is 10.3. The van der Waals surface area contributed by atoms with Gasteiger partial charge in [0, 0.05) is 19.3 Å². The molecule has 0 bridgehead atoms. The quantitative estimate of drug-likeness (QED) is 0.514. The topological polar surface area (TPSA) is 45.2 Å². The molecule has 168 valence electrons. The molecule has 3 aromatic rings. The average Bonchev–Trinajstić information content (AvgIpc) is 2.78. The number of rotatable bonds is 8. The number of halogens is 3. The number of alkyl halides is 3. The summed E-state index contributed by atoms with van der Waals surface area (Å²) in [4.78, 5) is 19.5. The zero-order valence-corrected chi connectivity index (χ0v) is 18.1. The second-order valence-corrected chi connectivity index (χ2v) is 7.56. The zero-order valence-electron chi connectivity index (χ0n) is 18.1. The largest absolute Gasteiger partial charge is 0.416 e. The van der Waals surface area contributed by atoms with E-state index in [1.54, 1.807) is 7.05 Å². The van der Waals surface area contributed by atoms with E-state index in [2.05, 4.69) is 10.3 Å². The number of carbonyl (C=O) groups is 1. The minimum atomic E-state index is -4.34. The third-order valence-corrected chi connectivity index (χ3v) is 5.24. The fraction of sp³-hybridized carbons (Fsp3) is 0.280. The Hall–Kier alpha value is -3.35. The lowest BCUT2D eigenvalue weighted by atomic mass is 10.0. The van der Waals surface area contributed by atoms with Gasteiger partial charge in [0.25, 0.3) is 0 Å². The molecule has 1 atom stereocenters. The lowest BCUT2D eigenvalue weighted by molar-refractivity contribution is -0.137. The molecule has 1 aromatic heterocycles. The molecule has 0 aliphatic rings. The molecule has 32 heavy (non-hydrogen) atoms. The predicted octanol–water partition coefficient (Wildman–Crippen LogP) is 5.34. The number of likely N-dealkylation sites (N-methyl/N-ethyl adjacent to an activating group) is 1. The normalized spacial score (nSPS) is 12.3. The highest BCUT2D eigenvalue weighted by molar-refractivity contribution is 5.86. The molecule has 0 saturated carbocycles. The van der Waals surface area contributed by atoms with Crippen LogP contribution in [-0.2, 0) is 17.4 Å². The molecule has 2 aromatic carbocycles. The zero-order chi connectivity index (χ0) is 23.1. The number of aromatic nitrogens is 1. The molecular weight excluding hydrogens is 415 g/mol. The van der Waals surface area contributed by atoms with Gasteiger partial charge in [-0.15, -0.1) is 0 Å². The van der Waals surface area contributed by atoms with Gasteiger partial charge >= 0.3 is 6.18 Å². The van der Waals surface area contributed by atoms with Crippen molar-refractivity contribution in [1.29, 1.82) is 0 Å². The number of anilines is 1. The molecule has 1 N–H and O–H groups in total. The monoisotopic (exact) mass is 441 g/mol. The predicted molar refractivity (Wildman–Crippen MR) is 119 cm³/mol. The Bertz CT molecular complexity index is 1020. The van der Waals surface area contributed by atoms with Gasteiger partial charge in [0.05, 0.1) is 5.56 Å². The molecule has 0 aliphatic heterocycles. The lowest BCUT2D eigenvalue weighted by Gasteiger charge is -2.32. The number of nitrogens with one attached hydrogen (secondary N) is 1. The summed E-state index contributed by atoms with van der Waals surface area (Å²) < 4.78 is 38.4. The molecule has 0 saturated heterocycles. The summed E-state index contributed by atoms with van der Waals surface area (Å²) in [6, 6.07) is 19.8. The first kappa shape index (κ1) is 23.3. The number of amides is 1. The van der Waals surface area contributed by atoms with E-state index in [0.29, 0.717) is 25.2 Å². The van der Waals surface area contributed by atoms with E-state index in [0.717, 1.165) is 29.0 Å². The summed E-state index contributed by atoms with van der Waals surface area (Å²) in [5.41, 5.74) is 1.82. The fourth-order valence-electron chi connectivity index (χ4n) is 3.62.